The predicted molar refractivity (Wildman–Crippen MR) is 69.6 cm³/mol. The molecule has 0 bridgehead atoms. The number of carbonyl (C=O) groups excluding carboxylic acids is 1. The van der Waals surface area contributed by atoms with Crippen molar-refractivity contribution in [1.82, 2.24) is 0 Å². The Labute approximate surface area is 107 Å². The molecule has 1 amide bonds. The Bertz CT molecular complexity index is 321. The summed E-state index contributed by atoms with van der Waals surface area (Å²) in [6.07, 6.45) is 1.09. The second-order valence-electron chi connectivity index (χ2n) is 4.02. The maximum absolute atomic E-state index is 10.3. The van der Waals surface area contributed by atoms with E-state index in [0.29, 0.717) is 6.42 Å². The zero-order valence-electron chi connectivity index (χ0n) is 10.9. The molecule has 1 aliphatic rings. The number of halogens is 2. The van der Waals surface area contributed by atoms with Gasteiger partial charge in [-0.1, -0.05) is 37.3 Å². The lowest BCUT2D eigenvalue weighted by Gasteiger charge is -1.92. The number of alkyl halides is 2. The van der Waals surface area contributed by atoms with Crippen LogP contribution in [0.2, 0.25) is 0 Å². The topological polar surface area (TPSA) is 43.1 Å². The number of carbonyl (C=O) groups is 1. The molecule has 1 fully saturated rings. The molecule has 0 aromatic heterocycles. The summed E-state index contributed by atoms with van der Waals surface area (Å²) in [7, 11) is 0. The third kappa shape index (κ3) is 11.0. The molecule has 2 nitrogen and oxygen atoms in total. The number of rotatable bonds is 2. The Kier molecular flexibility index (Phi) is 8.80. The van der Waals surface area contributed by atoms with E-state index >= 15 is 0 Å². The number of nitrogens with two attached hydrogens (primary N) is 1. The Morgan fingerprint density at radius 3 is 2.00 bits per heavy atom. The van der Waals surface area contributed by atoms with Crippen LogP contribution in [0, 0.1) is 0 Å². The summed E-state index contributed by atoms with van der Waals surface area (Å²) in [6.45, 7) is 2.56. The molecule has 4 heteroatoms. The summed E-state index contributed by atoms with van der Waals surface area (Å²) in [5.41, 5.74) is 6.18. The van der Waals surface area contributed by atoms with E-state index in [9.17, 15) is 13.6 Å². The minimum atomic E-state index is -2.17. The van der Waals surface area contributed by atoms with Crippen LogP contribution >= 0.6 is 0 Å². The smallest absolute Gasteiger partial charge is 0.235 e. The van der Waals surface area contributed by atoms with Crippen molar-refractivity contribution in [3.05, 3.63) is 35.9 Å². The van der Waals surface area contributed by atoms with Crippen molar-refractivity contribution >= 4 is 5.91 Å². The van der Waals surface area contributed by atoms with Crippen LogP contribution in [0.25, 0.3) is 0 Å². The lowest BCUT2D eigenvalue weighted by molar-refractivity contribution is -0.117. The average molecular weight is 257 g/mol. The van der Waals surface area contributed by atoms with Crippen molar-refractivity contribution in [2.24, 2.45) is 5.73 Å². The molecule has 2 rings (SSSR count). The van der Waals surface area contributed by atoms with Gasteiger partial charge < -0.3 is 5.73 Å². The summed E-state index contributed by atoms with van der Waals surface area (Å²) in [6, 6.07) is 10.8. The van der Waals surface area contributed by atoms with Crippen LogP contribution in [0.1, 0.15) is 44.6 Å². The largest absolute Gasteiger partial charge is 0.370 e. The van der Waals surface area contributed by atoms with E-state index in [0.717, 1.165) is 12.8 Å². The normalized spacial score (nSPS) is 12.9. The molecular formula is C14H21F2NO. The highest BCUT2D eigenvalue weighted by atomic mass is 19.3. The van der Waals surface area contributed by atoms with E-state index in [1.54, 1.807) is 6.92 Å². The van der Waals surface area contributed by atoms with Crippen LogP contribution in [0.15, 0.2) is 30.3 Å². The number of hydrogen-bond donors (Lipinski definition) is 1. The van der Waals surface area contributed by atoms with Gasteiger partial charge in [-0.15, -0.1) is 0 Å². The van der Waals surface area contributed by atoms with Crippen molar-refractivity contribution in [2.75, 3.05) is 0 Å². The zero-order chi connectivity index (χ0) is 14.0. The van der Waals surface area contributed by atoms with Crippen LogP contribution < -0.4 is 5.73 Å². The first-order chi connectivity index (χ1) is 8.47. The number of hydrogen-bond acceptors (Lipinski definition) is 1. The van der Waals surface area contributed by atoms with Gasteiger partial charge in [0.1, 0.15) is 0 Å². The van der Waals surface area contributed by atoms with Crippen molar-refractivity contribution in [2.45, 2.75) is 45.5 Å². The molecule has 18 heavy (non-hydrogen) atoms. The fraction of sp³-hybridized carbons (Fsp3) is 0.500. The van der Waals surface area contributed by atoms with E-state index in [1.165, 1.54) is 18.4 Å². The number of amides is 1. The van der Waals surface area contributed by atoms with Gasteiger partial charge in [0.15, 0.2) is 0 Å². The maximum atomic E-state index is 10.3. The van der Waals surface area contributed by atoms with Crippen molar-refractivity contribution in [1.29, 1.82) is 0 Å². The monoisotopic (exact) mass is 257 g/mol. The van der Waals surface area contributed by atoms with Gasteiger partial charge in [0.05, 0.1) is 0 Å². The Balaban J connectivity index is 0.000000278. The van der Waals surface area contributed by atoms with Gasteiger partial charge in [-0.05, 0) is 31.2 Å². The highest BCUT2D eigenvalue weighted by molar-refractivity contribution is 5.73. The molecule has 0 radical (unpaired) electrons. The second-order valence-corrected chi connectivity index (χ2v) is 4.02. The highest BCUT2D eigenvalue weighted by Crippen LogP contribution is 2.39. The molecule has 2 N–H and O–H groups in total. The first-order valence-electron chi connectivity index (χ1n) is 6.08. The SMILES string of the molecule is CC(F)F.CCC(N)=O.c1ccc(C2CC2)cc1. The Hall–Kier alpha value is -1.45. The molecule has 0 unspecified atom stereocenters. The fourth-order valence-corrected chi connectivity index (χ4v) is 1.14. The van der Waals surface area contributed by atoms with E-state index in [1.807, 2.05) is 0 Å². The number of benzene rings is 1. The van der Waals surface area contributed by atoms with Crippen molar-refractivity contribution < 1.29 is 13.6 Å². The lowest BCUT2D eigenvalue weighted by atomic mass is 10.1. The van der Waals surface area contributed by atoms with Gasteiger partial charge in [-0.25, -0.2) is 8.78 Å². The van der Waals surface area contributed by atoms with Crippen LogP contribution in [-0.2, 0) is 4.79 Å². The van der Waals surface area contributed by atoms with E-state index in [2.05, 4.69) is 36.1 Å². The summed E-state index contributed by atoms with van der Waals surface area (Å²) >= 11 is 0. The van der Waals surface area contributed by atoms with Crippen LogP contribution in [-0.4, -0.2) is 12.3 Å². The Morgan fingerprint density at radius 2 is 1.72 bits per heavy atom. The summed E-state index contributed by atoms with van der Waals surface area (Å²) < 4.78 is 20.7. The molecule has 1 aromatic rings. The molecule has 0 atom stereocenters. The average Bonchev–Trinajstić information content (AvgIpc) is 3.14. The maximum Gasteiger partial charge on any atom is 0.235 e. The van der Waals surface area contributed by atoms with E-state index < -0.39 is 6.43 Å². The second kappa shape index (κ2) is 9.57. The van der Waals surface area contributed by atoms with E-state index in [4.69, 9.17) is 0 Å². The van der Waals surface area contributed by atoms with Gasteiger partial charge in [-0.2, -0.15) is 0 Å². The molecule has 1 aliphatic carbocycles. The fourth-order valence-electron chi connectivity index (χ4n) is 1.14. The van der Waals surface area contributed by atoms with E-state index in [-0.39, 0.29) is 5.91 Å². The van der Waals surface area contributed by atoms with Crippen molar-refractivity contribution in [3.63, 3.8) is 0 Å². The third-order valence-electron chi connectivity index (χ3n) is 2.20. The zero-order valence-corrected chi connectivity index (χ0v) is 10.9. The summed E-state index contributed by atoms with van der Waals surface area (Å²) in [4.78, 5) is 9.59. The minimum Gasteiger partial charge on any atom is -0.370 e. The van der Waals surface area contributed by atoms with Gasteiger partial charge in [0.2, 0.25) is 12.3 Å². The molecule has 1 saturated carbocycles. The summed E-state index contributed by atoms with van der Waals surface area (Å²) in [5.74, 6) is 0.663. The molecular weight excluding hydrogens is 236 g/mol. The van der Waals surface area contributed by atoms with Gasteiger partial charge in [0, 0.05) is 6.42 Å². The quantitative estimate of drug-likeness (QED) is 0.862. The molecule has 0 saturated heterocycles. The third-order valence-corrected chi connectivity index (χ3v) is 2.20. The van der Waals surface area contributed by atoms with Crippen LogP contribution in [0.4, 0.5) is 8.78 Å². The van der Waals surface area contributed by atoms with Gasteiger partial charge in [0.25, 0.3) is 0 Å². The standard InChI is InChI=1S/C9H10.C3H7NO.C2H4F2/c1-2-4-8(5-3-1)9-6-7-9;1-2-3(4)5;1-2(3)4/h1-5,9H,6-7H2;2H2,1H3,(H2,4,5);2H,1H3. The van der Waals surface area contributed by atoms with Gasteiger partial charge in [-0.3, -0.25) is 4.79 Å². The first-order valence-corrected chi connectivity index (χ1v) is 6.08. The molecule has 0 spiro atoms. The molecule has 1 aromatic carbocycles. The van der Waals surface area contributed by atoms with Gasteiger partial charge >= 0.3 is 0 Å². The molecule has 0 heterocycles. The molecule has 0 aliphatic heterocycles. The van der Waals surface area contributed by atoms with Crippen LogP contribution in [0.5, 0.6) is 0 Å². The lowest BCUT2D eigenvalue weighted by Crippen LogP contribution is -2.06. The van der Waals surface area contributed by atoms with Crippen LogP contribution in [0.3, 0.4) is 0 Å². The predicted octanol–water partition coefficient (Wildman–Crippen LogP) is 3.72. The molecule has 102 valence electrons. The number of primary amides is 1. The van der Waals surface area contributed by atoms with Crippen molar-refractivity contribution in [3.8, 4) is 0 Å². The Morgan fingerprint density at radius 1 is 1.33 bits per heavy atom. The summed E-state index contributed by atoms with van der Waals surface area (Å²) in [5, 5.41) is 0. The first kappa shape index (κ1) is 16.6. The highest BCUT2D eigenvalue weighted by Gasteiger charge is 2.22. The minimum absolute atomic E-state index is 0.245.